The van der Waals surface area contributed by atoms with Crippen molar-refractivity contribution in [2.45, 2.75) is 31.9 Å². The highest BCUT2D eigenvalue weighted by molar-refractivity contribution is 5.74. The Kier molecular flexibility index (Phi) is 6.48. The molecule has 0 unspecified atom stereocenters. The highest BCUT2D eigenvalue weighted by Gasteiger charge is 2.23. The van der Waals surface area contributed by atoms with E-state index in [0.717, 1.165) is 12.0 Å². The van der Waals surface area contributed by atoms with Gasteiger partial charge in [-0.25, -0.2) is 4.79 Å². The molecule has 0 heterocycles. The van der Waals surface area contributed by atoms with E-state index in [4.69, 9.17) is 4.74 Å². The average molecular weight is 280 g/mol. The summed E-state index contributed by atoms with van der Waals surface area (Å²) in [5.74, 6) is 0. The van der Waals surface area contributed by atoms with Crippen molar-refractivity contribution in [1.29, 1.82) is 0 Å². The van der Waals surface area contributed by atoms with Crippen LogP contribution in [0.5, 0.6) is 0 Å². The molecule has 1 aromatic carbocycles. The molecule has 0 radical (unpaired) electrons. The Balaban J connectivity index is 2.40. The van der Waals surface area contributed by atoms with Gasteiger partial charge in [0, 0.05) is 19.8 Å². The molecule has 3 N–H and O–H groups in total. The predicted molar refractivity (Wildman–Crippen MR) is 78.5 cm³/mol. The first-order valence-corrected chi connectivity index (χ1v) is 6.77. The summed E-state index contributed by atoms with van der Waals surface area (Å²) in [5, 5.41) is 15.8. The standard InChI is InChI=1S/C15H24N2O3/c1-12(9-10-20-3)17-14(18)16-11-15(2,19)13-7-5-4-6-8-13/h4-8,12,19H,9-11H2,1-3H3,(H2,16,17,18)/t12-,15-/m0/s1. The number of urea groups is 1. The summed E-state index contributed by atoms with van der Waals surface area (Å²) in [7, 11) is 1.63. The van der Waals surface area contributed by atoms with E-state index < -0.39 is 5.60 Å². The van der Waals surface area contributed by atoms with Crippen molar-refractivity contribution >= 4 is 6.03 Å². The topological polar surface area (TPSA) is 70.6 Å². The predicted octanol–water partition coefficient (Wildman–Crippen LogP) is 1.62. The molecule has 20 heavy (non-hydrogen) atoms. The van der Waals surface area contributed by atoms with E-state index in [9.17, 15) is 9.90 Å². The third kappa shape index (κ3) is 5.59. The zero-order chi connectivity index (χ0) is 15.0. The molecule has 112 valence electrons. The molecule has 0 saturated heterocycles. The Hall–Kier alpha value is -1.59. The van der Waals surface area contributed by atoms with Gasteiger partial charge >= 0.3 is 6.03 Å². The summed E-state index contributed by atoms with van der Waals surface area (Å²) < 4.78 is 4.95. The molecule has 0 aliphatic carbocycles. The first-order chi connectivity index (χ1) is 9.45. The Morgan fingerprint density at radius 3 is 2.65 bits per heavy atom. The zero-order valence-electron chi connectivity index (χ0n) is 12.3. The van der Waals surface area contributed by atoms with Crippen LogP contribution in [0.15, 0.2) is 30.3 Å². The summed E-state index contributed by atoms with van der Waals surface area (Å²) in [5.41, 5.74) is -0.318. The number of hydrogen-bond donors (Lipinski definition) is 3. The minimum Gasteiger partial charge on any atom is -0.385 e. The van der Waals surface area contributed by atoms with Crippen molar-refractivity contribution in [2.24, 2.45) is 0 Å². The number of hydrogen-bond acceptors (Lipinski definition) is 3. The largest absolute Gasteiger partial charge is 0.385 e. The van der Waals surface area contributed by atoms with Gasteiger partial charge in [-0.05, 0) is 25.8 Å². The number of ether oxygens (including phenoxy) is 1. The molecular weight excluding hydrogens is 256 g/mol. The van der Waals surface area contributed by atoms with Crippen molar-refractivity contribution in [3.63, 3.8) is 0 Å². The Morgan fingerprint density at radius 1 is 1.40 bits per heavy atom. The molecule has 0 aromatic heterocycles. The lowest BCUT2D eigenvalue weighted by Gasteiger charge is -2.25. The van der Waals surface area contributed by atoms with Crippen LogP contribution < -0.4 is 10.6 Å². The van der Waals surface area contributed by atoms with E-state index in [2.05, 4.69) is 10.6 Å². The lowest BCUT2D eigenvalue weighted by molar-refractivity contribution is 0.0592. The monoisotopic (exact) mass is 280 g/mol. The molecule has 0 aliphatic heterocycles. The molecular formula is C15H24N2O3. The van der Waals surface area contributed by atoms with Crippen LogP contribution in [-0.4, -0.2) is 37.4 Å². The van der Waals surface area contributed by atoms with E-state index in [0.29, 0.717) is 6.61 Å². The van der Waals surface area contributed by atoms with Crippen LogP contribution in [0.2, 0.25) is 0 Å². The molecule has 2 amide bonds. The van der Waals surface area contributed by atoms with Gasteiger partial charge in [0.25, 0.3) is 0 Å². The van der Waals surface area contributed by atoms with Crippen molar-refractivity contribution in [3.05, 3.63) is 35.9 Å². The van der Waals surface area contributed by atoms with Crippen LogP contribution in [0.4, 0.5) is 4.79 Å². The van der Waals surface area contributed by atoms with Gasteiger partial charge in [0.05, 0.1) is 6.54 Å². The SMILES string of the molecule is COCC[C@H](C)NC(=O)NC[C@](C)(O)c1ccccc1. The third-order valence-corrected chi connectivity index (χ3v) is 3.12. The van der Waals surface area contributed by atoms with Crippen LogP contribution in [0, 0.1) is 0 Å². The molecule has 0 aliphatic rings. The number of aliphatic hydroxyl groups is 1. The van der Waals surface area contributed by atoms with Crippen molar-refractivity contribution in [1.82, 2.24) is 10.6 Å². The highest BCUT2D eigenvalue weighted by Crippen LogP contribution is 2.18. The lowest BCUT2D eigenvalue weighted by Crippen LogP contribution is -2.46. The molecule has 0 bridgehead atoms. The number of carbonyl (C=O) groups excluding carboxylic acids is 1. The van der Waals surface area contributed by atoms with E-state index in [-0.39, 0.29) is 18.6 Å². The maximum atomic E-state index is 11.7. The maximum absolute atomic E-state index is 11.7. The van der Waals surface area contributed by atoms with Gasteiger partial charge < -0.3 is 20.5 Å². The third-order valence-electron chi connectivity index (χ3n) is 3.12. The average Bonchev–Trinajstić information content (AvgIpc) is 2.44. The number of carbonyl (C=O) groups is 1. The van der Waals surface area contributed by atoms with E-state index in [1.165, 1.54) is 0 Å². The highest BCUT2D eigenvalue weighted by atomic mass is 16.5. The second-order valence-electron chi connectivity index (χ2n) is 5.15. The summed E-state index contributed by atoms with van der Waals surface area (Å²) in [6.45, 7) is 4.34. The Bertz CT molecular complexity index is 407. The minimum atomic E-state index is -1.09. The van der Waals surface area contributed by atoms with Gasteiger partial charge in [-0.1, -0.05) is 30.3 Å². The minimum absolute atomic E-state index is 0.0247. The molecule has 1 aromatic rings. The summed E-state index contributed by atoms with van der Waals surface area (Å²) >= 11 is 0. The van der Waals surface area contributed by atoms with Crippen LogP contribution in [-0.2, 0) is 10.3 Å². The van der Waals surface area contributed by atoms with E-state index in [1.54, 1.807) is 14.0 Å². The molecule has 1 rings (SSSR count). The van der Waals surface area contributed by atoms with E-state index in [1.807, 2.05) is 37.3 Å². The van der Waals surface area contributed by atoms with Crippen molar-refractivity contribution in [2.75, 3.05) is 20.3 Å². The van der Waals surface area contributed by atoms with Gasteiger partial charge in [-0.2, -0.15) is 0 Å². The molecule has 0 saturated carbocycles. The number of nitrogens with one attached hydrogen (secondary N) is 2. The van der Waals surface area contributed by atoms with Gasteiger partial charge in [-0.3, -0.25) is 0 Å². The van der Waals surface area contributed by atoms with Gasteiger partial charge in [-0.15, -0.1) is 0 Å². The summed E-state index contributed by atoms with van der Waals surface area (Å²) in [6, 6.07) is 9.01. The van der Waals surface area contributed by atoms with Crippen LogP contribution in [0.25, 0.3) is 0 Å². The van der Waals surface area contributed by atoms with Crippen LogP contribution >= 0.6 is 0 Å². The first kappa shape index (κ1) is 16.5. The van der Waals surface area contributed by atoms with E-state index >= 15 is 0 Å². The lowest BCUT2D eigenvalue weighted by atomic mass is 9.96. The van der Waals surface area contributed by atoms with Gasteiger partial charge in [0.1, 0.15) is 5.60 Å². The molecule has 0 spiro atoms. The smallest absolute Gasteiger partial charge is 0.315 e. The fourth-order valence-electron chi connectivity index (χ4n) is 1.79. The molecule has 2 atom stereocenters. The second-order valence-corrected chi connectivity index (χ2v) is 5.15. The quantitative estimate of drug-likeness (QED) is 0.711. The summed E-state index contributed by atoms with van der Waals surface area (Å²) in [6.07, 6.45) is 0.749. The summed E-state index contributed by atoms with van der Waals surface area (Å²) in [4.78, 5) is 11.7. The fourth-order valence-corrected chi connectivity index (χ4v) is 1.79. The fraction of sp³-hybridized carbons (Fsp3) is 0.533. The van der Waals surface area contributed by atoms with Crippen LogP contribution in [0.1, 0.15) is 25.8 Å². The van der Waals surface area contributed by atoms with Gasteiger partial charge in [0.15, 0.2) is 0 Å². The first-order valence-electron chi connectivity index (χ1n) is 6.77. The van der Waals surface area contributed by atoms with Gasteiger partial charge in [0.2, 0.25) is 0 Å². The van der Waals surface area contributed by atoms with Crippen LogP contribution in [0.3, 0.4) is 0 Å². The zero-order valence-corrected chi connectivity index (χ0v) is 12.3. The normalized spacial score (nSPS) is 15.2. The number of rotatable bonds is 7. The number of benzene rings is 1. The maximum Gasteiger partial charge on any atom is 0.315 e. The number of methoxy groups -OCH3 is 1. The number of amides is 2. The molecule has 5 nitrogen and oxygen atoms in total. The van der Waals surface area contributed by atoms with Crippen molar-refractivity contribution in [3.8, 4) is 0 Å². The van der Waals surface area contributed by atoms with Crippen molar-refractivity contribution < 1.29 is 14.6 Å². The Morgan fingerprint density at radius 2 is 2.05 bits per heavy atom. The second kappa shape index (κ2) is 7.87. The Labute approximate surface area is 120 Å². The molecule has 5 heteroatoms. The molecule has 0 fully saturated rings.